The van der Waals surface area contributed by atoms with E-state index in [9.17, 15) is 0 Å². The van der Waals surface area contributed by atoms with Gasteiger partial charge in [-0.25, -0.2) is 15.0 Å². The van der Waals surface area contributed by atoms with Gasteiger partial charge in [0.25, 0.3) is 0 Å². The molecular formula is C55H33N3O. The third-order valence-corrected chi connectivity index (χ3v) is 11.7. The predicted octanol–water partition coefficient (Wildman–Crippen LogP) is 14.7. The molecule has 0 unspecified atom stereocenters. The molecule has 0 N–H and O–H groups in total. The van der Waals surface area contributed by atoms with Crippen LogP contribution in [-0.4, -0.2) is 15.0 Å². The quantitative estimate of drug-likeness (QED) is 0.164. The molecule has 10 aromatic carbocycles. The molecule has 0 fully saturated rings. The van der Waals surface area contributed by atoms with E-state index in [0.717, 1.165) is 60.9 Å². The number of aromatic nitrogens is 3. The Labute approximate surface area is 339 Å². The minimum absolute atomic E-state index is 0.589. The predicted molar refractivity (Wildman–Crippen MR) is 244 cm³/mol. The van der Waals surface area contributed by atoms with Gasteiger partial charge in [0.05, 0.1) is 0 Å². The molecule has 0 saturated carbocycles. The summed E-state index contributed by atoms with van der Waals surface area (Å²) in [6.45, 7) is 0. The number of hydrogen-bond acceptors (Lipinski definition) is 4. The third-order valence-electron chi connectivity index (χ3n) is 11.7. The van der Waals surface area contributed by atoms with Gasteiger partial charge in [0.15, 0.2) is 17.5 Å². The van der Waals surface area contributed by atoms with Crippen molar-refractivity contribution in [2.75, 3.05) is 0 Å². The molecule has 12 rings (SSSR count). The fourth-order valence-corrected chi connectivity index (χ4v) is 8.70. The van der Waals surface area contributed by atoms with Crippen molar-refractivity contribution >= 4 is 65.0 Å². The number of furan rings is 1. The van der Waals surface area contributed by atoms with Crippen molar-refractivity contribution in [1.82, 2.24) is 15.0 Å². The highest BCUT2D eigenvalue weighted by Crippen LogP contribution is 2.42. The Kier molecular flexibility index (Phi) is 7.50. The van der Waals surface area contributed by atoms with Gasteiger partial charge in [-0.05, 0) is 96.2 Å². The van der Waals surface area contributed by atoms with Crippen LogP contribution in [0, 0.1) is 0 Å². The number of benzene rings is 10. The normalized spacial score (nSPS) is 11.7. The van der Waals surface area contributed by atoms with Crippen molar-refractivity contribution in [3.8, 4) is 56.4 Å². The molecule has 0 aliphatic carbocycles. The minimum Gasteiger partial charge on any atom is -0.455 e. The lowest BCUT2D eigenvalue weighted by atomic mass is 9.92. The summed E-state index contributed by atoms with van der Waals surface area (Å²) in [5.41, 5.74) is 8.76. The molecule has 0 aliphatic heterocycles. The maximum Gasteiger partial charge on any atom is 0.164 e. The maximum atomic E-state index is 6.96. The van der Waals surface area contributed by atoms with E-state index in [4.69, 9.17) is 19.4 Å². The third kappa shape index (κ3) is 5.65. The average Bonchev–Trinajstić information content (AvgIpc) is 3.69. The van der Waals surface area contributed by atoms with Crippen molar-refractivity contribution in [2.45, 2.75) is 0 Å². The highest BCUT2D eigenvalue weighted by molar-refractivity contribution is 6.14. The molecule has 0 aliphatic rings. The topological polar surface area (TPSA) is 51.8 Å². The fraction of sp³-hybridized carbons (Fsp3) is 0. The van der Waals surface area contributed by atoms with Gasteiger partial charge >= 0.3 is 0 Å². The van der Waals surface area contributed by atoms with E-state index in [1.165, 1.54) is 43.1 Å². The van der Waals surface area contributed by atoms with E-state index in [-0.39, 0.29) is 0 Å². The molecule has 0 amide bonds. The van der Waals surface area contributed by atoms with Crippen molar-refractivity contribution in [1.29, 1.82) is 0 Å². The van der Waals surface area contributed by atoms with Gasteiger partial charge in [-0.2, -0.15) is 0 Å². The average molecular weight is 752 g/mol. The lowest BCUT2D eigenvalue weighted by Gasteiger charge is -2.11. The van der Waals surface area contributed by atoms with Crippen LogP contribution in [0.1, 0.15) is 0 Å². The van der Waals surface area contributed by atoms with E-state index in [1.54, 1.807) is 0 Å². The van der Waals surface area contributed by atoms with Gasteiger partial charge in [0.1, 0.15) is 11.2 Å². The SMILES string of the molecule is c1ccc(-c2nc(-c3ccccc3)nc(-c3ccc4c(c3)oc3c(-c5ccc6c(ccc7ccccc76)c5)cc(-c5ccc6ccc7ccccc7c6c5)cc34)n2)cc1. The second-order valence-corrected chi connectivity index (χ2v) is 15.2. The van der Waals surface area contributed by atoms with Crippen LogP contribution in [0.3, 0.4) is 0 Å². The van der Waals surface area contributed by atoms with Crippen LogP contribution < -0.4 is 0 Å². The molecule has 12 aromatic rings. The standard InChI is InChI=1S/C55H33N3O/c1-3-13-37(14-4-1)53-56-54(38-15-5-2-6-16-38)58-55(57-53)42-26-28-47-50-32-43(39-23-21-36-20-19-35-12-8-10-18-45(35)48(36)30-39)31-49(52(50)59-51(47)33-42)41-25-27-46-40(29-41)24-22-34-11-7-9-17-44(34)46/h1-33H. The van der Waals surface area contributed by atoms with E-state index >= 15 is 0 Å². The Morgan fingerprint density at radius 2 is 0.763 bits per heavy atom. The minimum atomic E-state index is 0.589. The van der Waals surface area contributed by atoms with Gasteiger partial charge in [0.2, 0.25) is 0 Å². The van der Waals surface area contributed by atoms with Gasteiger partial charge in [-0.1, -0.05) is 164 Å². The molecule has 274 valence electrons. The summed E-state index contributed by atoms with van der Waals surface area (Å²) >= 11 is 0. The molecule has 59 heavy (non-hydrogen) atoms. The Balaban J connectivity index is 1.07. The van der Waals surface area contributed by atoms with Gasteiger partial charge in [0, 0.05) is 33.0 Å². The van der Waals surface area contributed by atoms with Crippen LogP contribution in [0.15, 0.2) is 205 Å². The van der Waals surface area contributed by atoms with Crippen molar-refractivity contribution < 1.29 is 4.42 Å². The van der Waals surface area contributed by atoms with E-state index < -0.39 is 0 Å². The second-order valence-electron chi connectivity index (χ2n) is 15.2. The van der Waals surface area contributed by atoms with E-state index in [2.05, 4.69) is 140 Å². The molecule has 4 heteroatoms. The first-order valence-electron chi connectivity index (χ1n) is 19.9. The molecule has 0 radical (unpaired) electrons. The Bertz CT molecular complexity index is 3550. The summed E-state index contributed by atoms with van der Waals surface area (Å²) in [5.74, 6) is 1.84. The number of rotatable bonds is 5. The number of hydrogen-bond donors (Lipinski definition) is 0. The largest absolute Gasteiger partial charge is 0.455 e. The first-order chi connectivity index (χ1) is 29.2. The monoisotopic (exact) mass is 751 g/mol. The summed E-state index contributed by atoms with van der Waals surface area (Å²) in [7, 11) is 0. The van der Waals surface area contributed by atoms with Crippen LogP contribution in [0.2, 0.25) is 0 Å². The second kappa shape index (κ2) is 13.3. The van der Waals surface area contributed by atoms with Crippen molar-refractivity contribution in [3.63, 3.8) is 0 Å². The van der Waals surface area contributed by atoms with Gasteiger partial charge in [-0.3, -0.25) is 0 Å². The zero-order chi connectivity index (χ0) is 38.9. The molecule has 2 heterocycles. The van der Waals surface area contributed by atoms with Crippen molar-refractivity contribution in [3.05, 3.63) is 200 Å². The summed E-state index contributed by atoms with van der Waals surface area (Å²) in [4.78, 5) is 14.9. The van der Waals surface area contributed by atoms with Crippen LogP contribution in [-0.2, 0) is 0 Å². The summed E-state index contributed by atoms with van der Waals surface area (Å²) in [5, 5.41) is 11.9. The Morgan fingerprint density at radius 3 is 1.46 bits per heavy atom. The Morgan fingerprint density at radius 1 is 0.271 bits per heavy atom. The van der Waals surface area contributed by atoms with E-state index in [0.29, 0.717) is 17.5 Å². The first-order valence-corrected chi connectivity index (χ1v) is 19.9. The Hall–Kier alpha value is -7.95. The van der Waals surface area contributed by atoms with Crippen LogP contribution in [0.25, 0.3) is 121 Å². The molecule has 0 spiro atoms. The lowest BCUT2D eigenvalue weighted by molar-refractivity contribution is 0.670. The van der Waals surface area contributed by atoms with Crippen LogP contribution in [0.4, 0.5) is 0 Å². The van der Waals surface area contributed by atoms with Gasteiger partial charge < -0.3 is 4.42 Å². The molecular weight excluding hydrogens is 719 g/mol. The highest BCUT2D eigenvalue weighted by Gasteiger charge is 2.19. The summed E-state index contributed by atoms with van der Waals surface area (Å²) in [6.07, 6.45) is 0. The van der Waals surface area contributed by atoms with Crippen LogP contribution >= 0.6 is 0 Å². The zero-order valence-corrected chi connectivity index (χ0v) is 31.8. The smallest absolute Gasteiger partial charge is 0.164 e. The first kappa shape index (κ1) is 33.2. The fourth-order valence-electron chi connectivity index (χ4n) is 8.70. The molecule has 4 nitrogen and oxygen atoms in total. The summed E-state index contributed by atoms with van der Waals surface area (Å²) < 4.78 is 6.96. The number of nitrogens with zero attached hydrogens (tertiary/aromatic N) is 3. The molecule has 2 aromatic heterocycles. The molecule has 0 bridgehead atoms. The molecule has 0 atom stereocenters. The summed E-state index contributed by atoms with van der Waals surface area (Å²) in [6, 6.07) is 70.7. The van der Waals surface area contributed by atoms with Crippen molar-refractivity contribution in [2.24, 2.45) is 0 Å². The maximum absolute atomic E-state index is 6.96. The van der Waals surface area contributed by atoms with E-state index in [1.807, 2.05) is 60.7 Å². The zero-order valence-electron chi connectivity index (χ0n) is 31.8. The van der Waals surface area contributed by atoms with Gasteiger partial charge in [-0.15, -0.1) is 0 Å². The highest BCUT2D eigenvalue weighted by atomic mass is 16.3. The molecule has 0 saturated heterocycles. The van der Waals surface area contributed by atoms with Crippen LogP contribution in [0.5, 0.6) is 0 Å². The lowest BCUT2D eigenvalue weighted by Crippen LogP contribution is -2.00. The number of fused-ring (bicyclic) bond motifs is 9.